The molecule has 346 valence electrons. The van der Waals surface area contributed by atoms with Gasteiger partial charge >= 0.3 is 0 Å². The minimum atomic E-state index is -4.29. The van der Waals surface area contributed by atoms with Crippen LogP contribution in [-0.4, -0.2) is 136 Å². The number of hydrogen-bond acceptors (Lipinski definition) is 14. The summed E-state index contributed by atoms with van der Waals surface area (Å²) in [5, 5.41) is 16.4. The van der Waals surface area contributed by atoms with Gasteiger partial charge in [0.15, 0.2) is 5.82 Å². The highest BCUT2D eigenvalue weighted by molar-refractivity contribution is 7.99. The summed E-state index contributed by atoms with van der Waals surface area (Å²) in [6.45, 7) is 9.32. The molecule has 0 saturated carbocycles. The number of sulfonamides is 1. The normalized spacial score (nSPS) is 15.5. The van der Waals surface area contributed by atoms with Gasteiger partial charge in [-0.25, -0.2) is 18.4 Å². The van der Waals surface area contributed by atoms with Crippen LogP contribution in [0.5, 0.6) is 5.75 Å². The SMILES string of the molecule is CN(C)CCOc1ccc(-c2ccccc2)c(CN2CCN(c3ccc4c(NS(=O)(=O)c5ccc(N[C@H](CCN6CCOCC6)CSc6ccccc6)c([N+](=O)[O-])c5)ncnc4c3)CC2)c1. The minimum Gasteiger partial charge on any atom is -0.492 e. The van der Waals surface area contributed by atoms with Crippen LogP contribution in [0.25, 0.3) is 22.0 Å². The van der Waals surface area contributed by atoms with Crippen molar-refractivity contribution in [3.05, 3.63) is 137 Å². The van der Waals surface area contributed by atoms with Crippen molar-refractivity contribution in [2.24, 2.45) is 0 Å². The summed E-state index contributed by atoms with van der Waals surface area (Å²) >= 11 is 1.67. The number of nitrogens with zero attached hydrogens (tertiary/aromatic N) is 7. The molecule has 0 aliphatic carbocycles. The zero-order chi connectivity index (χ0) is 45.9. The second kappa shape index (κ2) is 22.1. The molecule has 0 bridgehead atoms. The molecule has 0 unspecified atom stereocenters. The lowest BCUT2D eigenvalue weighted by molar-refractivity contribution is -0.384. The topological polar surface area (TPSA) is 159 Å². The number of rotatable bonds is 20. The maximum Gasteiger partial charge on any atom is 0.293 e. The average molecular weight is 932 g/mol. The van der Waals surface area contributed by atoms with Crippen molar-refractivity contribution in [1.82, 2.24) is 24.7 Å². The van der Waals surface area contributed by atoms with Crippen LogP contribution in [0.1, 0.15) is 12.0 Å². The number of fused-ring (bicyclic) bond motifs is 1. The number of ether oxygens (including phenoxy) is 2. The maximum atomic E-state index is 13.9. The Balaban J connectivity index is 0.931. The summed E-state index contributed by atoms with van der Waals surface area (Å²) in [7, 11) is -0.218. The predicted octanol–water partition coefficient (Wildman–Crippen LogP) is 7.56. The fourth-order valence-electron chi connectivity index (χ4n) is 8.20. The predicted molar refractivity (Wildman–Crippen MR) is 263 cm³/mol. The Labute approximate surface area is 391 Å². The molecule has 1 aromatic heterocycles. The van der Waals surface area contributed by atoms with E-state index in [9.17, 15) is 18.5 Å². The first-order valence-electron chi connectivity index (χ1n) is 22.3. The lowest BCUT2D eigenvalue weighted by atomic mass is 9.98. The van der Waals surface area contributed by atoms with Crippen molar-refractivity contribution in [2.45, 2.75) is 28.8 Å². The first-order valence-corrected chi connectivity index (χ1v) is 24.8. The number of nitro groups is 1. The molecule has 8 rings (SSSR count). The van der Waals surface area contributed by atoms with Crippen molar-refractivity contribution in [3.63, 3.8) is 0 Å². The second-order valence-electron chi connectivity index (χ2n) is 16.8. The molecule has 6 aromatic rings. The molecule has 15 nitrogen and oxygen atoms in total. The van der Waals surface area contributed by atoms with Gasteiger partial charge in [0.1, 0.15) is 24.4 Å². The molecule has 0 radical (unpaired) electrons. The number of anilines is 3. The standard InChI is InChI=1S/C49H57N9O6S2/c1-54(2)25-30-64-41-14-17-44(37-9-5-3-6-10-37)38(31-41)34-56-21-23-57(24-22-56)40-13-16-45-47(32-40)50-36-51-49(45)53-66(61,62)43-15-18-46(48(33-43)58(59)60)52-39(19-20-55-26-28-63-29-27-55)35-65-42-11-7-4-8-12-42/h3-18,31-33,36,39,52H,19-30,34-35H2,1-2H3,(H,50,51,53)/t39-/m1/s1. The Kier molecular flexibility index (Phi) is 15.6. The van der Waals surface area contributed by atoms with Gasteiger partial charge in [0.25, 0.3) is 15.7 Å². The van der Waals surface area contributed by atoms with Gasteiger partial charge in [0.05, 0.1) is 28.5 Å². The van der Waals surface area contributed by atoms with Crippen molar-refractivity contribution in [1.29, 1.82) is 0 Å². The monoisotopic (exact) mass is 931 g/mol. The zero-order valence-corrected chi connectivity index (χ0v) is 39.1. The molecule has 2 saturated heterocycles. The van der Waals surface area contributed by atoms with Crippen molar-refractivity contribution >= 4 is 55.6 Å². The van der Waals surface area contributed by atoms with Gasteiger partial charge in [-0.05, 0) is 91.8 Å². The van der Waals surface area contributed by atoms with Crippen LogP contribution in [0.15, 0.2) is 131 Å². The number of hydrogen-bond donors (Lipinski definition) is 2. The van der Waals surface area contributed by atoms with E-state index in [0.717, 1.165) is 87.7 Å². The number of morpholine rings is 1. The highest BCUT2D eigenvalue weighted by Gasteiger charge is 2.26. The Morgan fingerprint density at radius 2 is 1.62 bits per heavy atom. The minimum absolute atomic E-state index is 0.0875. The zero-order valence-electron chi connectivity index (χ0n) is 37.4. The summed E-state index contributed by atoms with van der Waals surface area (Å²) in [6.07, 6.45) is 2.06. The van der Waals surface area contributed by atoms with Gasteiger partial charge in [-0.2, -0.15) is 0 Å². The smallest absolute Gasteiger partial charge is 0.293 e. The second-order valence-corrected chi connectivity index (χ2v) is 19.5. The van der Waals surface area contributed by atoms with Gasteiger partial charge in [0.2, 0.25) is 0 Å². The fourth-order valence-corrected chi connectivity index (χ4v) is 10.2. The lowest BCUT2D eigenvalue weighted by Crippen LogP contribution is -2.46. The molecule has 2 fully saturated rings. The van der Waals surface area contributed by atoms with Crippen LogP contribution in [0.3, 0.4) is 0 Å². The molecule has 2 N–H and O–H groups in total. The molecule has 0 spiro atoms. The quantitative estimate of drug-likeness (QED) is 0.0439. The van der Waals surface area contributed by atoms with Gasteiger partial charge < -0.3 is 24.6 Å². The number of benzene rings is 5. The maximum absolute atomic E-state index is 13.9. The summed E-state index contributed by atoms with van der Waals surface area (Å²) in [5.41, 5.74) is 5.06. The third-order valence-corrected chi connectivity index (χ3v) is 14.4. The van der Waals surface area contributed by atoms with E-state index in [2.05, 4.69) is 82.1 Å². The van der Waals surface area contributed by atoms with E-state index in [1.807, 2.05) is 68.7 Å². The number of nitrogens with one attached hydrogen (secondary N) is 2. The van der Waals surface area contributed by atoms with Crippen molar-refractivity contribution in [3.8, 4) is 16.9 Å². The Hall–Kier alpha value is -5.82. The van der Waals surface area contributed by atoms with Gasteiger partial charge in [0, 0.05) is 92.7 Å². The molecule has 2 aliphatic rings. The number of likely N-dealkylation sites (N-methyl/N-ethyl adjacent to an activating group) is 1. The highest BCUT2D eigenvalue weighted by Crippen LogP contribution is 2.33. The number of aromatic nitrogens is 2. The number of piperazine rings is 1. The first kappa shape index (κ1) is 46.7. The van der Waals surface area contributed by atoms with Crippen LogP contribution < -0.4 is 19.7 Å². The summed E-state index contributed by atoms with van der Waals surface area (Å²) in [5.74, 6) is 1.61. The molecular weight excluding hydrogens is 875 g/mol. The van der Waals surface area contributed by atoms with Crippen molar-refractivity contribution in [2.75, 3.05) is 107 Å². The lowest BCUT2D eigenvalue weighted by Gasteiger charge is -2.36. The van der Waals surface area contributed by atoms with Crippen LogP contribution in [0.4, 0.5) is 22.9 Å². The molecule has 17 heteroatoms. The van der Waals surface area contributed by atoms with Crippen molar-refractivity contribution < 1.29 is 22.8 Å². The fraction of sp³-hybridized carbons (Fsp3) is 0.347. The van der Waals surface area contributed by atoms with E-state index in [4.69, 9.17) is 9.47 Å². The molecular formula is C49H57N9O6S2. The van der Waals surface area contributed by atoms with E-state index in [0.29, 0.717) is 36.5 Å². The van der Waals surface area contributed by atoms with Gasteiger partial charge in [-0.1, -0.05) is 54.6 Å². The van der Waals surface area contributed by atoms with E-state index < -0.39 is 14.9 Å². The van der Waals surface area contributed by atoms with Gasteiger partial charge in [-0.3, -0.25) is 24.6 Å². The summed E-state index contributed by atoms with van der Waals surface area (Å²) in [4.78, 5) is 30.8. The number of nitro benzene ring substituents is 1. The molecule has 0 amide bonds. The van der Waals surface area contributed by atoms with E-state index in [-0.39, 0.29) is 28.1 Å². The van der Waals surface area contributed by atoms with E-state index in [1.54, 1.807) is 11.8 Å². The summed E-state index contributed by atoms with van der Waals surface area (Å²) in [6, 6.07) is 36.4. The third-order valence-electron chi connectivity index (χ3n) is 11.9. The van der Waals surface area contributed by atoms with Crippen LogP contribution >= 0.6 is 11.8 Å². The average Bonchev–Trinajstić information content (AvgIpc) is 3.33. The molecule has 1 atom stereocenters. The first-order chi connectivity index (χ1) is 32.1. The van der Waals surface area contributed by atoms with E-state index >= 15 is 0 Å². The molecule has 66 heavy (non-hydrogen) atoms. The Bertz CT molecular complexity index is 2670. The molecule has 2 aliphatic heterocycles. The van der Waals surface area contributed by atoms with E-state index in [1.165, 1.54) is 35.2 Å². The Morgan fingerprint density at radius 3 is 2.36 bits per heavy atom. The van der Waals surface area contributed by atoms with Crippen LogP contribution in [0, 0.1) is 10.1 Å². The van der Waals surface area contributed by atoms with Gasteiger partial charge in [-0.15, -0.1) is 11.8 Å². The highest BCUT2D eigenvalue weighted by atomic mass is 32.2. The van der Waals surface area contributed by atoms with Crippen LogP contribution in [0.2, 0.25) is 0 Å². The summed E-state index contributed by atoms with van der Waals surface area (Å²) < 4.78 is 42.0. The largest absolute Gasteiger partial charge is 0.492 e. The third kappa shape index (κ3) is 12.3. The molecule has 5 aromatic carbocycles. The van der Waals surface area contributed by atoms with Crippen LogP contribution in [-0.2, 0) is 21.3 Å². The Morgan fingerprint density at radius 1 is 0.864 bits per heavy atom. The number of thioether (sulfide) groups is 1. The molecule has 3 heterocycles.